The highest BCUT2D eigenvalue weighted by Crippen LogP contribution is 2.22. The van der Waals surface area contributed by atoms with Gasteiger partial charge in [-0.25, -0.2) is 13.4 Å². The average molecular weight is 447 g/mol. The van der Waals surface area contributed by atoms with Crippen molar-refractivity contribution in [1.82, 2.24) is 15.6 Å². The van der Waals surface area contributed by atoms with E-state index >= 15 is 0 Å². The van der Waals surface area contributed by atoms with E-state index in [9.17, 15) is 22.8 Å². The first-order valence-corrected chi connectivity index (χ1v) is 12.4. The fourth-order valence-corrected chi connectivity index (χ4v) is 5.51. The number of nitrogens with one attached hydrogen (secondary N) is 2. The molecule has 1 saturated carbocycles. The largest absolute Gasteiger partial charge is 0.352 e. The van der Waals surface area contributed by atoms with Crippen LogP contribution in [0.3, 0.4) is 0 Å². The summed E-state index contributed by atoms with van der Waals surface area (Å²) in [4.78, 5) is 37.9. The molecule has 10 heteroatoms. The lowest BCUT2D eigenvalue weighted by molar-refractivity contribution is -0.134. The van der Waals surface area contributed by atoms with Crippen molar-refractivity contribution in [3.05, 3.63) is 35.9 Å². The lowest BCUT2D eigenvalue weighted by Crippen LogP contribution is -2.51. The molecular formula is C21H26N4O5S. The van der Waals surface area contributed by atoms with E-state index in [1.807, 2.05) is 30.3 Å². The SMILES string of the molecule is O=C(NC(Cc1ccccc1)C(=O)NC1CC1)C1=NN(C2CCS(=O)(=O)C2)C(=O)CC1. The minimum Gasteiger partial charge on any atom is -0.352 e. The van der Waals surface area contributed by atoms with E-state index < -0.39 is 27.8 Å². The molecule has 0 aromatic heterocycles. The third-order valence-electron chi connectivity index (χ3n) is 5.70. The Morgan fingerprint density at radius 1 is 1.13 bits per heavy atom. The second kappa shape index (κ2) is 8.78. The first-order chi connectivity index (χ1) is 14.8. The Bertz CT molecular complexity index is 1000. The molecule has 31 heavy (non-hydrogen) atoms. The monoisotopic (exact) mass is 446 g/mol. The van der Waals surface area contributed by atoms with E-state index in [0.29, 0.717) is 12.8 Å². The quantitative estimate of drug-likeness (QED) is 0.617. The maximum Gasteiger partial charge on any atom is 0.268 e. The van der Waals surface area contributed by atoms with Gasteiger partial charge in [-0.05, 0) is 24.8 Å². The summed E-state index contributed by atoms with van der Waals surface area (Å²) in [5.41, 5.74) is 1.05. The molecule has 1 aromatic rings. The Hall–Kier alpha value is -2.75. The van der Waals surface area contributed by atoms with E-state index in [4.69, 9.17) is 0 Å². The summed E-state index contributed by atoms with van der Waals surface area (Å²) in [5.74, 6) is -1.17. The predicted molar refractivity (Wildman–Crippen MR) is 114 cm³/mol. The summed E-state index contributed by atoms with van der Waals surface area (Å²) in [6, 6.07) is 8.26. The molecule has 1 saturated heterocycles. The maximum absolute atomic E-state index is 12.9. The van der Waals surface area contributed by atoms with Gasteiger partial charge in [0.15, 0.2) is 9.84 Å². The zero-order chi connectivity index (χ0) is 22.0. The molecule has 2 aliphatic heterocycles. The highest BCUT2D eigenvalue weighted by Gasteiger charge is 2.38. The first kappa shape index (κ1) is 21.5. The van der Waals surface area contributed by atoms with Crippen LogP contribution in [0.25, 0.3) is 0 Å². The zero-order valence-electron chi connectivity index (χ0n) is 17.1. The fraction of sp³-hybridized carbons (Fsp3) is 0.524. The van der Waals surface area contributed by atoms with Gasteiger partial charge in [0.05, 0.1) is 17.5 Å². The number of hydrogen-bond acceptors (Lipinski definition) is 6. The molecule has 2 fully saturated rings. The van der Waals surface area contributed by atoms with Crippen LogP contribution in [0, 0.1) is 0 Å². The van der Waals surface area contributed by atoms with Gasteiger partial charge in [-0.15, -0.1) is 0 Å². The Balaban J connectivity index is 1.48. The molecule has 2 N–H and O–H groups in total. The third kappa shape index (κ3) is 5.49. The summed E-state index contributed by atoms with van der Waals surface area (Å²) in [6.07, 6.45) is 2.76. The van der Waals surface area contributed by atoms with Crippen molar-refractivity contribution >= 4 is 33.3 Å². The lowest BCUT2D eigenvalue weighted by Gasteiger charge is -2.28. The van der Waals surface area contributed by atoms with Crippen molar-refractivity contribution in [3.8, 4) is 0 Å². The molecule has 0 spiro atoms. The normalized spacial score (nSPS) is 23.7. The van der Waals surface area contributed by atoms with Crippen molar-refractivity contribution in [2.24, 2.45) is 5.10 Å². The van der Waals surface area contributed by atoms with E-state index in [1.54, 1.807) is 0 Å². The predicted octanol–water partition coefficient (Wildman–Crippen LogP) is 0.158. The van der Waals surface area contributed by atoms with Gasteiger partial charge in [-0.3, -0.25) is 14.4 Å². The van der Waals surface area contributed by atoms with Crippen LogP contribution in [-0.4, -0.2) is 66.5 Å². The second-order valence-corrected chi connectivity index (χ2v) is 10.6. The second-order valence-electron chi connectivity index (χ2n) is 8.34. The molecule has 0 radical (unpaired) electrons. The Labute approximate surface area is 181 Å². The summed E-state index contributed by atoms with van der Waals surface area (Å²) in [7, 11) is -3.19. The molecule has 2 atom stereocenters. The maximum atomic E-state index is 12.9. The van der Waals surface area contributed by atoms with Gasteiger partial charge in [0.25, 0.3) is 5.91 Å². The van der Waals surface area contributed by atoms with Crippen LogP contribution in [0.15, 0.2) is 35.4 Å². The van der Waals surface area contributed by atoms with Crippen LogP contribution in [-0.2, 0) is 30.6 Å². The van der Waals surface area contributed by atoms with Gasteiger partial charge in [0.1, 0.15) is 11.8 Å². The highest BCUT2D eigenvalue weighted by molar-refractivity contribution is 7.91. The van der Waals surface area contributed by atoms with Crippen LogP contribution >= 0.6 is 0 Å². The van der Waals surface area contributed by atoms with Gasteiger partial charge in [-0.1, -0.05) is 30.3 Å². The third-order valence-corrected chi connectivity index (χ3v) is 7.45. The number of nitrogens with zero attached hydrogens (tertiary/aromatic N) is 2. The average Bonchev–Trinajstić information content (AvgIpc) is 3.48. The lowest BCUT2D eigenvalue weighted by atomic mass is 10.0. The number of rotatable bonds is 7. The van der Waals surface area contributed by atoms with E-state index in [2.05, 4.69) is 15.7 Å². The number of hydrazone groups is 1. The molecule has 3 amide bonds. The van der Waals surface area contributed by atoms with Crippen molar-refractivity contribution in [2.45, 2.75) is 56.7 Å². The standard InChI is InChI=1S/C21H26N4O5S/c26-19-9-8-17(24-25(19)16-10-11-31(29,30)13-16)20(27)23-18(21(28)22-15-6-7-15)12-14-4-2-1-3-5-14/h1-5,15-16,18H,6-13H2,(H,22,28)(H,23,27). The zero-order valence-corrected chi connectivity index (χ0v) is 17.9. The molecule has 9 nitrogen and oxygen atoms in total. The Morgan fingerprint density at radius 3 is 2.52 bits per heavy atom. The smallest absolute Gasteiger partial charge is 0.268 e. The summed E-state index contributed by atoms with van der Waals surface area (Å²) in [5, 5.41) is 11.0. The van der Waals surface area contributed by atoms with Gasteiger partial charge in [0, 0.05) is 25.3 Å². The van der Waals surface area contributed by atoms with Crippen LogP contribution in [0.4, 0.5) is 0 Å². The van der Waals surface area contributed by atoms with Crippen molar-refractivity contribution < 1.29 is 22.8 Å². The van der Waals surface area contributed by atoms with E-state index in [1.165, 1.54) is 0 Å². The molecule has 1 aromatic carbocycles. The van der Waals surface area contributed by atoms with Crippen molar-refractivity contribution in [1.29, 1.82) is 0 Å². The Kier molecular flexibility index (Phi) is 6.08. The molecule has 1 aliphatic carbocycles. The number of benzene rings is 1. The number of hydrogen-bond donors (Lipinski definition) is 2. The molecular weight excluding hydrogens is 420 g/mol. The molecule has 3 aliphatic rings. The van der Waals surface area contributed by atoms with Crippen molar-refractivity contribution in [2.75, 3.05) is 11.5 Å². The van der Waals surface area contributed by atoms with Crippen LogP contribution in [0.1, 0.15) is 37.7 Å². The van der Waals surface area contributed by atoms with Gasteiger partial charge >= 0.3 is 0 Å². The minimum absolute atomic E-state index is 0.0129. The van der Waals surface area contributed by atoms with Gasteiger partial charge in [0.2, 0.25) is 11.8 Å². The number of amides is 3. The first-order valence-electron chi connectivity index (χ1n) is 10.6. The van der Waals surface area contributed by atoms with Crippen LogP contribution in [0.5, 0.6) is 0 Å². The van der Waals surface area contributed by atoms with Gasteiger partial charge < -0.3 is 10.6 Å². The number of carbonyl (C=O) groups excluding carboxylic acids is 3. The van der Waals surface area contributed by atoms with Crippen LogP contribution < -0.4 is 10.6 Å². The van der Waals surface area contributed by atoms with E-state index in [-0.39, 0.29) is 47.9 Å². The minimum atomic E-state index is -3.19. The molecule has 2 heterocycles. The highest BCUT2D eigenvalue weighted by atomic mass is 32.2. The summed E-state index contributed by atoms with van der Waals surface area (Å²) >= 11 is 0. The summed E-state index contributed by atoms with van der Waals surface area (Å²) < 4.78 is 23.6. The van der Waals surface area contributed by atoms with Crippen molar-refractivity contribution in [3.63, 3.8) is 0 Å². The fourth-order valence-electron chi connectivity index (χ4n) is 3.82. The number of carbonyl (C=O) groups is 3. The van der Waals surface area contributed by atoms with Gasteiger partial charge in [-0.2, -0.15) is 5.10 Å². The topological polar surface area (TPSA) is 125 Å². The van der Waals surface area contributed by atoms with E-state index in [0.717, 1.165) is 23.4 Å². The Morgan fingerprint density at radius 2 is 1.87 bits per heavy atom. The number of sulfone groups is 1. The molecule has 0 bridgehead atoms. The molecule has 2 unspecified atom stereocenters. The molecule has 4 rings (SSSR count). The van der Waals surface area contributed by atoms with Crippen LogP contribution in [0.2, 0.25) is 0 Å². The summed E-state index contributed by atoms with van der Waals surface area (Å²) in [6.45, 7) is 0. The molecule has 166 valence electrons.